The summed E-state index contributed by atoms with van der Waals surface area (Å²) >= 11 is 0. The second kappa shape index (κ2) is 12.5. The zero-order chi connectivity index (χ0) is 37.5. The number of benzene rings is 8. The molecule has 0 N–H and O–H groups in total. The minimum atomic E-state index is -0.0999. The van der Waals surface area contributed by atoms with Crippen LogP contribution in [0.2, 0.25) is 0 Å². The molecule has 1 aliphatic rings. The summed E-state index contributed by atoms with van der Waals surface area (Å²) in [5.74, 6) is 0.696. The Labute approximate surface area is 329 Å². The van der Waals surface area contributed by atoms with Crippen LogP contribution in [-0.2, 0) is 0 Å². The van der Waals surface area contributed by atoms with E-state index in [1.54, 1.807) is 0 Å². The molecule has 3 heterocycles. The van der Waals surface area contributed by atoms with Crippen molar-refractivity contribution in [3.8, 4) is 45.0 Å². The highest BCUT2D eigenvalue weighted by atomic mass is 15.0. The van der Waals surface area contributed by atoms with Crippen molar-refractivity contribution in [1.82, 2.24) is 19.1 Å². The summed E-state index contributed by atoms with van der Waals surface area (Å²) in [6.45, 7) is 0. The summed E-state index contributed by atoms with van der Waals surface area (Å²) < 4.78 is 4.82. The molecule has 0 atom stereocenters. The summed E-state index contributed by atoms with van der Waals surface area (Å²) in [6, 6.07) is 72.0. The van der Waals surface area contributed by atoms with Crippen LogP contribution in [0.4, 0.5) is 0 Å². The van der Waals surface area contributed by atoms with E-state index < -0.39 is 0 Å². The second-order valence-corrected chi connectivity index (χ2v) is 14.9. The molecule has 0 radical (unpaired) electrons. The summed E-state index contributed by atoms with van der Waals surface area (Å²) in [6.07, 6.45) is 0. The van der Waals surface area contributed by atoms with Gasteiger partial charge in [0.2, 0.25) is 0 Å². The van der Waals surface area contributed by atoms with E-state index in [0.29, 0.717) is 0 Å². The van der Waals surface area contributed by atoms with Crippen molar-refractivity contribution in [3.63, 3.8) is 0 Å². The van der Waals surface area contributed by atoms with Gasteiger partial charge in [-0.3, -0.25) is 0 Å². The third-order valence-electron chi connectivity index (χ3n) is 11.8. The lowest BCUT2D eigenvalue weighted by atomic mass is 9.95. The molecule has 0 fully saturated rings. The molecule has 0 saturated heterocycles. The normalized spacial score (nSPS) is 12.5. The van der Waals surface area contributed by atoms with E-state index >= 15 is 0 Å². The van der Waals surface area contributed by atoms with Gasteiger partial charge >= 0.3 is 0 Å². The molecule has 266 valence electrons. The standard InChI is InChI=1S/C53H34N4/c1-2-16-34(17-3-1)46-33-47(55-53(54-46)52-44-24-6-4-18-38(44)39-19-5-7-25-45(39)52)35-30-36(56-48-26-12-8-20-40(48)41-21-9-13-27-49(41)56)32-37(31-35)57-50-28-14-10-22-42(50)43-23-11-15-29-51(43)57/h1-33,52H. The Kier molecular flexibility index (Phi) is 6.96. The van der Waals surface area contributed by atoms with E-state index in [2.05, 4.69) is 209 Å². The van der Waals surface area contributed by atoms with Crippen LogP contribution in [0.3, 0.4) is 0 Å². The van der Waals surface area contributed by atoms with Crippen molar-refractivity contribution >= 4 is 43.6 Å². The SMILES string of the molecule is c1ccc(-c2cc(-c3cc(-n4c5ccccc5c5ccccc54)cc(-n4c5ccccc5c5ccccc54)c3)nc(C3c4ccccc4-c4ccccc43)n2)cc1. The van der Waals surface area contributed by atoms with E-state index in [-0.39, 0.29) is 5.92 Å². The van der Waals surface area contributed by atoms with Crippen molar-refractivity contribution in [3.05, 3.63) is 217 Å². The van der Waals surface area contributed by atoms with E-state index in [1.807, 2.05) is 0 Å². The van der Waals surface area contributed by atoms with Crippen LogP contribution in [0, 0.1) is 0 Å². The molecule has 0 unspecified atom stereocenters. The molecule has 3 aromatic heterocycles. The van der Waals surface area contributed by atoms with Crippen LogP contribution in [0.15, 0.2) is 200 Å². The third-order valence-corrected chi connectivity index (χ3v) is 11.8. The fourth-order valence-electron chi connectivity index (χ4n) is 9.34. The highest BCUT2D eigenvalue weighted by molar-refractivity contribution is 6.10. The molecule has 57 heavy (non-hydrogen) atoms. The van der Waals surface area contributed by atoms with E-state index in [9.17, 15) is 0 Å². The van der Waals surface area contributed by atoms with Gasteiger partial charge in [0, 0.05) is 44.0 Å². The maximum absolute atomic E-state index is 5.57. The zero-order valence-electron chi connectivity index (χ0n) is 30.9. The maximum atomic E-state index is 5.57. The Morgan fingerprint density at radius 2 is 0.719 bits per heavy atom. The topological polar surface area (TPSA) is 35.6 Å². The van der Waals surface area contributed by atoms with Gasteiger partial charge in [-0.1, -0.05) is 152 Å². The van der Waals surface area contributed by atoms with E-state index in [1.165, 1.54) is 43.8 Å². The van der Waals surface area contributed by atoms with Gasteiger partial charge in [-0.2, -0.15) is 0 Å². The molecule has 0 aliphatic heterocycles. The third kappa shape index (κ3) is 4.87. The van der Waals surface area contributed by atoms with Gasteiger partial charge in [-0.05, 0) is 70.8 Å². The maximum Gasteiger partial charge on any atom is 0.141 e. The molecule has 0 saturated carbocycles. The Morgan fingerprint density at radius 3 is 1.19 bits per heavy atom. The molecule has 0 spiro atoms. The Bertz CT molecular complexity index is 3090. The van der Waals surface area contributed by atoms with Crippen LogP contribution in [0.5, 0.6) is 0 Å². The largest absolute Gasteiger partial charge is 0.309 e. The van der Waals surface area contributed by atoms with Gasteiger partial charge in [0.05, 0.1) is 39.4 Å². The van der Waals surface area contributed by atoms with Gasteiger partial charge < -0.3 is 9.13 Å². The van der Waals surface area contributed by atoms with Crippen molar-refractivity contribution in [2.75, 3.05) is 0 Å². The lowest BCUT2D eigenvalue weighted by Gasteiger charge is -2.18. The summed E-state index contributed by atoms with van der Waals surface area (Å²) in [5.41, 5.74) is 15.6. The van der Waals surface area contributed by atoms with Gasteiger partial charge in [0.25, 0.3) is 0 Å². The first-order valence-corrected chi connectivity index (χ1v) is 19.5. The minimum Gasteiger partial charge on any atom is -0.309 e. The lowest BCUT2D eigenvalue weighted by molar-refractivity contribution is 0.879. The zero-order valence-corrected chi connectivity index (χ0v) is 30.9. The molecule has 1 aliphatic carbocycles. The smallest absolute Gasteiger partial charge is 0.141 e. The van der Waals surface area contributed by atoms with Crippen LogP contribution >= 0.6 is 0 Å². The first-order valence-electron chi connectivity index (χ1n) is 19.5. The summed E-state index contributed by atoms with van der Waals surface area (Å²) in [5, 5.41) is 4.91. The highest BCUT2D eigenvalue weighted by Gasteiger charge is 2.32. The number of rotatable bonds is 5. The monoisotopic (exact) mass is 726 g/mol. The molecule has 4 nitrogen and oxygen atoms in total. The van der Waals surface area contributed by atoms with Crippen LogP contribution in [0.25, 0.3) is 88.6 Å². The van der Waals surface area contributed by atoms with Crippen LogP contribution in [0.1, 0.15) is 22.9 Å². The first kappa shape index (κ1) is 31.8. The first-order chi connectivity index (χ1) is 28.3. The van der Waals surface area contributed by atoms with Gasteiger partial charge in [0.15, 0.2) is 0 Å². The average molecular weight is 727 g/mol. The number of hydrogen-bond donors (Lipinski definition) is 0. The lowest BCUT2D eigenvalue weighted by Crippen LogP contribution is -2.08. The summed E-state index contributed by atoms with van der Waals surface area (Å²) in [7, 11) is 0. The van der Waals surface area contributed by atoms with Gasteiger partial charge in [-0.25, -0.2) is 9.97 Å². The van der Waals surface area contributed by atoms with Crippen LogP contribution < -0.4 is 0 Å². The molecule has 0 amide bonds. The predicted octanol–water partition coefficient (Wildman–Crippen LogP) is 13.2. The van der Waals surface area contributed by atoms with Crippen molar-refractivity contribution < 1.29 is 0 Å². The quantitative estimate of drug-likeness (QED) is 0.177. The fraction of sp³-hybridized carbons (Fsp3) is 0.0189. The van der Waals surface area contributed by atoms with E-state index in [0.717, 1.165) is 61.8 Å². The minimum absolute atomic E-state index is 0.0999. The molecular weight excluding hydrogens is 693 g/mol. The number of nitrogens with zero attached hydrogens (tertiary/aromatic N) is 4. The predicted molar refractivity (Wildman–Crippen MR) is 234 cm³/mol. The number of hydrogen-bond acceptors (Lipinski definition) is 2. The van der Waals surface area contributed by atoms with Crippen molar-refractivity contribution in [1.29, 1.82) is 0 Å². The number of fused-ring (bicyclic) bond motifs is 9. The molecular formula is C53H34N4. The molecule has 12 rings (SSSR count). The van der Waals surface area contributed by atoms with E-state index in [4.69, 9.17) is 9.97 Å². The van der Waals surface area contributed by atoms with Gasteiger partial charge in [-0.15, -0.1) is 0 Å². The Hall–Kier alpha value is -7.56. The number of aromatic nitrogens is 4. The fourth-order valence-corrected chi connectivity index (χ4v) is 9.34. The molecule has 8 aromatic carbocycles. The molecule has 11 aromatic rings. The van der Waals surface area contributed by atoms with Crippen molar-refractivity contribution in [2.24, 2.45) is 0 Å². The summed E-state index contributed by atoms with van der Waals surface area (Å²) in [4.78, 5) is 11.0. The molecule has 4 heteroatoms. The van der Waals surface area contributed by atoms with Crippen molar-refractivity contribution in [2.45, 2.75) is 5.92 Å². The second-order valence-electron chi connectivity index (χ2n) is 14.9. The number of para-hydroxylation sites is 4. The Balaban J connectivity index is 1.17. The highest BCUT2D eigenvalue weighted by Crippen LogP contribution is 2.48. The average Bonchev–Trinajstić information content (AvgIpc) is 3.92. The Morgan fingerprint density at radius 1 is 0.333 bits per heavy atom. The van der Waals surface area contributed by atoms with Crippen LogP contribution in [-0.4, -0.2) is 19.1 Å². The molecule has 0 bridgehead atoms. The van der Waals surface area contributed by atoms with Gasteiger partial charge in [0.1, 0.15) is 5.82 Å².